The molecule has 2 heterocycles. The van der Waals surface area contributed by atoms with E-state index in [9.17, 15) is 18.3 Å². The van der Waals surface area contributed by atoms with Crippen molar-refractivity contribution < 1.29 is 23.1 Å². The molecule has 226 valence electrons. The Bertz CT molecular complexity index is 1490. The lowest BCUT2D eigenvalue weighted by atomic mass is 9.66. The molecule has 1 fully saturated rings. The van der Waals surface area contributed by atoms with Gasteiger partial charge in [-0.05, 0) is 105 Å². The summed E-state index contributed by atoms with van der Waals surface area (Å²) in [6.07, 6.45) is 9.77. The van der Waals surface area contributed by atoms with Crippen LogP contribution in [0.4, 0.5) is 5.69 Å². The molecule has 1 spiro atoms. The van der Waals surface area contributed by atoms with E-state index in [1.165, 1.54) is 11.1 Å². The third-order valence-corrected chi connectivity index (χ3v) is 12.6. The first kappa shape index (κ1) is 29.5. The fourth-order valence-corrected chi connectivity index (χ4v) is 8.99. The predicted molar refractivity (Wildman–Crippen MR) is 166 cm³/mol. The van der Waals surface area contributed by atoms with E-state index < -0.39 is 21.2 Å². The van der Waals surface area contributed by atoms with Crippen LogP contribution in [-0.4, -0.2) is 51.0 Å². The Morgan fingerprint density at radius 2 is 2.00 bits per heavy atom. The van der Waals surface area contributed by atoms with Crippen molar-refractivity contribution in [2.24, 2.45) is 23.7 Å². The van der Waals surface area contributed by atoms with Crippen molar-refractivity contribution in [2.75, 3.05) is 31.2 Å². The summed E-state index contributed by atoms with van der Waals surface area (Å²) in [4.78, 5) is 15.7. The number of aliphatic hydroxyl groups is 1. The predicted octanol–water partition coefficient (Wildman–Crippen LogP) is 5.49. The summed E-state index contributed by atoms with van der Waals surface area (Å²) in [6.45, 7) is 5.59. The molecule has 1 saturated carbocycles. The van der Waals surface area contributed by atoms with Crippen molar-refractivity contribution in [3.63, 3.8) is 0 Å². The molecule has 42 heavy (non-hydrogen) atoms. The van der Waals surface area contributed by atoms with Crippen molar-refractivity contribution in [2.45, 2.75) is 63.0 Å². The number of halogens is 1. The summed E-state index contributed by atoms with van der Waals surface area (Å²) in [7, 11) is -3.90. The smallest absolute Gasteiger partial charge is 0.264 e. The Labute approximate surface area is 254 Å². The number of allylic oxidation sites excluding steroid dienone is 1. The maximum absolute atomic E-state index is 13.3. The van der Waals surface area contributed by atoms with Gasteiger partial charge in [0.15, 0.2) is 0 Å². The minimum Gasteiger partial charge on any atom is -0.490 e. The zero-order valence-electron chi connectivity index (χ0n) is 24.4. The van der Waals surface area contributed by atoms with Crippen molar-refractivity contribution in [1.29, 1.82) is 0 Å². The third kappa shape index (κ3) is 5.46. The molecule has 2 bridgehead atoms. The Morgan fingerprint density at radius 3 is 2.76 bits per heavy atom. The molecular formula is C33H41ClN2O5S. The molecule has 6 rings (SSSR count). The van der Waals surface area contributed by atoms with E-state index in [0.29, 0.717) is 36.2 Å². The Hall–Kier alpha value is -2.55. The minimum atomic E-state index is -3.90. The Morgan fingerprint density at radius 1 is 1.17 bits per heavy atom. The molecule has 2 aliphatic carbocycles. The number of fused-ring (bicyclic) bond motifs is 4. The number of hydrogen-bond acceptors (Lipinski definition) is 6. The van der Waals surface area contributed by atoms with E-state index in [-0.39, 0.29) is 23.9 Å². The second-order valence-electron chi connectivity index (χ2n) is 13.0. The summed E-state index contributed by atoms with van der Waals surface area (Å²) in [5.74, 6) is 0.614. The molecule has 4 aliphatic rings. The molecule has 1 amide bonds. The molecule has 6 atom stereocenters. The number of nitrogens with zero attached hydrogens (tertiary/aromatic N) is 1. The van der Waals surface area contributed by atoms with E-state index in [0.717, 1.165) is 55.9 Å². The zero-order valence-corrected chi connectivity index (χ0v) is 26.0. The van der Waals surface area contributed by atoms with Gasteiger partial charge in [-0.15, -0.1) is 0 Å². The van der Waals surface area contributed by atoms with E-state index in [4.69, 9.17) is 16.3 Å². The van der Waals surface area contributed by atoms with Gasteiger partial charge in [-0.1, -0.05) is 36.7 Å². The number of carbonyl (C=O) groups excluding carboxylic acids is 1. The zero-order chi connectivity index (χ0) is 29.6. The van der Waals surface area contributed by atoms with Crippen LogP contribution in [-0.2, 0) is 21.9 Å². The average molecular weight is 613 g/mol. The Kier molecular flexibility index (Phi) is 8.09. The molecule has 2 N–H and O–H groups in total. The number of nitrogens with one attached hydrogen (secondary N) is 1. The lowest BCUT2D eigenvalue weighted by Gasteiger charge is -2.46. The topological polar surface area (TPSA) is 95.9 Å². The second-order valence-corrected chi connectivity index (χ2v) is 15.4. The third-order valence-electron chi connectivity index (χ3n) is 10.4. The fourth-order valence-electron chi connectivity index (χ4n) is 7.51. The lowest BCUT2D eigenvalue weighted by molar-refractivity contribution is 0.0892. The molecule has 0 saturated heterocycles. The summed E-state index contributed by atoms with van der Waals surface area (Å²) < 4.78 is 35.3. The first-order chi connectivity index (χ1) is 20.1. The maximum Gasteiger partial charge on any atom is 0.264 e. The van der Waals surface area contributed by atoms with E-state index >= 15 is 0 Å². The van der Waals surface area contributed by atoms with Gasteiger partial charge in [-0.2, -0.15) is 0 Å². The standard InChI is InChI=1S/C33H41ClN2O5S/c1-21-5-3-6-26(18-37)28-11-8-25(28)17-36-19-33(14-4-7-23-15-27(34)10-12-29(23)33)20-41-31-13-9-24(16-30(31)36)32(38)35-42(39,40)22(21)2/h3,6,9-10,12-13,15-16,21-22,25-26,28,37H,4-5,7-8,11,14,17-20H2,1-2H3,(H,35,38)/b6-3+/t21-,22+,25-,26-,28+,33-/m0/s1. The number of amides is 1. The molecule has 2 aromatic carbocycles. The number of rotatable bonds is 1. The number of sulfonamides is 1. The van der Waals surface area contributed by atoms with Crippen LogP contribution in [0, 0.1) is 23.7 Å². The number of benzene rings is 2. The normalized spacial score (nSPS) is 33.3. The summed E-state index contributed by atoms with van der Waals surface area (Å²) in [5, 5.41) is 10.3. The van der Waals surface area contributed by atoms with Crippen LogP contribution < -0.4 is 14.4 Å². The van der Waals surface area contributed by atoms with Gasteiger partial charge in [-0.3, -0.25) is 4.79 Å². The number of ether oxygens (including phenoxy) is 1. The number of anilines is 1. The molecule has 2 aromatic rings. The molecule has 0 radical (unpaired) electrons. The number of carbonyl (C=O) groups is 1. The van der Waals surface area contributed by atoms with Crippen molar-refractivity contribution >= 4 is 33.2 Å². The fraction of sp³-hybridized carbons (Fsp3) is 0.545. The first-order valence-electron chi connectivity index (χ1n) is 15.2. The molecule has 0 unspecified atom stereocenters. The molecule has 2 aliphatic heterocycles. The molecule has 0 aromatic heterocycles. The SMILES string of the molecule is C[C@@H]1[C@@H](C)C/C=C/[C@@H](CO)[C@@H]2CC[C@H]2CN2C[C@@]3(CCCc4cc(Cl)ccc43)COc3ccc(cc32)C(=O)NS1(=O)=O. The highest BCUT2D eigenvalue weighted by molar-refractivity contribution is 7.90. The van der Waals surface area contributed by atoms with Gasteiger partial charge in [0.05, 0.1) is 17.5 Å². The number of hydrogen-bond donors (Lipinski definition) is 2. The molecular weight excluding hydrogens is 572 g/mol. The van der Waals surface area contributed by atoms with E-state index in [1.807, 2.05) is 19.1 Å². The average Bonchev–Trinajstić information content (AvgIpc) is 3.10. The van der Waals surface area contributed by atoms with Gasteiger partial charge in [0, 0.05) is 41.6 Å². The highest BCUT2D eigenvalue weighted by Crippen LogP contribution is 2.47. The lowest BCUT2D eigenvalue weighted by Crippen LogP contribution is -2.49. The van der Waals surface area contributed by atoms with Gasteiger partial charge in [0.1, 0.15) is 5.75 Å². The highest BCUT2D eigenvalue weighted by atomic mass is 35.5. The van der Waals surface area contributed by atoms with E-state index in [1.54, 1.807) is 25.1 Å². The van der Waals surface area contributed by atoms with Gasteiger partial charge in [0.2, 0.25) is 10.0 Å². The summed E-state index contributed by atoms with van der Waals surface area (Å²) in [5.41, 5.74) is 3.39. The summed E-state index contributed by atoms with van der Waals surface area (Å²) >= 11 is 6.39. The van der Waals surface area contributed by atoms with Crippen molar-refractivity contribution in [3.05, 3.63) is 70.3 Å². The summed E-state index contributed by atoms with van der Waals surface area (Å²) in [6, 6.07) is 11.4. The monoisotopic (exact) mass is 612 g/mol. The second kappa shape index (κ2) is 11.5. The van der Waals surface area contributed by atoms with Crippen LogP contribution >= 0.6 is 11.6 Å². The van der Waals surface area contributed by atoms with Crippen LogP contribution in [0.3, 0.4) is 0 Å². The van der Waals surface area contributed by atoms with Gasteiger partial charge >= 0.3 is 0 Å². The quantitative estimate of drug-likeness (QED) is 0.414. The number of aryl methyl sites for hydroxylation is 1. The Balaban J connectivity index is 1.43. The first-order valence-corrected chi connectivity index (χ1v) is 17.2. The molecule has 9 heteroatoms. The van der Waals surface area contributed by atoms with Crippen LogP contribution in [0.2, 0.25) is 5.02 Å². The van der Waals surface area contributed by atoms with E-state index in [2.05, 4.69) is 27.8 Å². The molecule has 7 nitrogen and oxygen atoms in total. The van der Waals surface area contributed by atoms with Crippen molar-refractivity contribution in [1.82, 2.24) is 4.72 Å². The minimum absolute atomic E-state index is 0.0241. The maximum atomic E-state index is 13.3. The van der Waals surface area contributed by atoms with Gasteiger partial charge < -0.3 is 14.7 Å². The van der Waals surface area contributed by atoms with Crippen LogP contribution in [0.15, 0.2) is 48.6 Å². The number of aliphatic hydroxyl groups excluding tert-OH is 1. The van der Waals surface area contributed by atoms with Gasteiger partial charge in [0.25, 0.3) is 5.91 Å². The van der Waals surface area contributed by atoms with Crippen molar-refractivity contribution in [3.8, 4) is 5.75 Å². The largest absolute Gasteiger partial charge is 0.490 e. The van der Waals surface area contributed by atoms with Gasteiger partial charge in [-0.25, -0.2) is 13.1 Å². The van der Waals surface area contributed by atoms with Crippen LogP contribution in [0.1, 0.15) is 67.4 Å². The van der Waals surface area contributed by atoms with Crippen LogP contribution in [0.25, 0.3) is 0 Å². The highest BCUT2D eigenvalue weighted by Gasteiger charge is 2.44. The van der Waals surface area contributed by atoms with Crippen LogP contribution in [0.5, 0.6) is 5.75 Å².